The van der Waals surface area contributed by atoms with Gasteiger partial charge < -0.3 is 0 Å². The number of thiophene rings is 1. The minimum Gasteiger partial charge on any atom is -0.228 e. The SMILES string of the molecule is CC1(c2ccccc2)c2ccccc2-c2c(-c3cc(-c4cccc(-c5ccc(-c6cccc7c6sc6ccccc67)cc5)c4)nc(-c4ccccc4)n3)cccc21. The lowest BCUT2D eigenvalue weighted by molar-refractivity contribution is 0.714. The summed E-state index contributed by atoms with van der Waals surface area (Å²) in [5.74, 6) is 0.711. The van der Waals surface area contributed by atoms with Crippen molar-refractivity contribution in [3.63, 3.8) is 0 Å². The molecule has 2 aromatic heterocycles. The van der Waals surface area contributed by atoms with Crippen LogP contribution in [0.1, 0.15) is 23.6 Å². The Labute approximate surface area is 336 Å². The molecule has 1 aliphatic rings. The first-order valence-corrected chi connectivity index (χ1v) is 20.3. The Bertz CT molecular complexity index is 3130. The first kappa shape index (κ1) is 33.4. The van der Waals surface area contributed by atoms with E-state index in [1.54, 1.807) is 0 Å². The topological polar surface area (TPSA) is 25.8 Å². The van der Waals surface area contributed by atoms with E-state index < -0.39 is 0 Å². The van der Waals surface area contributed by atoms with Gasteiger partial charge in [0.25, 0.3) is 0 Å². The molecule has 2 heterocycles. The van der Waals surface area contributed by atoms with Crippen LogP contribution in [0.4, 0.5) is 0 Å². The van der Waals surface area contributed by atoms with Crippen molar-refractivity contribution in [3.05, 3.63) is 217 Å². The van der Waals surface area contributed by atoms with Crippen molar-refractivity contribution in [2.45, 2.75) is 12.3 Å². The van der Waals surface area contributed by atoms with E-state index in [1.165, 1.54) is 64.7 Å². The molecule has 1 aliphatic carbocycles. The fourth-order valence-electron chi connectivity index (χ4n) is 8.96. The van der Waals surface area contributed by atoms with Gasteiger partial charge in [0.15, 0.2) is 5.82 Å². The van der Waals surface area contributed by atoms with Gasteiger partial charge in [-0.25, -0.2) is 9.97 Å². The molecule has 2 nitrogen and oxygen atoms in total. The van der Waals surface area contributed by atoms with Gasteiger partial charge in [-0.1, -0.05) is 182 Å². The van der Waals surface area contributed by atoms with Gasteiger partial charge >= 0.3 is 0 Å². The van der Waals surface area contributed by atoms with E-state index in [-0.39, 0.29) is 5.41 Å². The van der Waals surface area contributed by atoms with Gasteiger partial charge in [0.1, 0.15) is 0 Å². The van der Waals surface area contributed by atoms with Gasteiger partial charge in [-0.3, -0.25) is 0 Å². The van der Waals surface area contributed by atoms with Crippen molar-refractivity contribution in [1.82, 2.24) is 9.97 Å². The highest BCUT2D eigenvalue weighted by Crippen LogP contribution is 2.55. The first-order chi connectivity index (χ1) is 28.1. The molecule has 1 unspecified atom stereocenters. The van der Waals surface area contributed by atoms with Crippen molar-refractivity contribution in [2.75, 3.05) is 0 Å². The summed E-state index contributed by atoms with van der Waals surface area (Å²) in [4.78, 5) is 10.6. The summed E-state index contributed by atoms with van der Waals surface area (Å²) in [5.41, 5.74) is 15.9. The molecule has 1 atom stereocenters. The van der Waals surface area contributed by atoms with Crippen molar-refractivity contribution >= 4 is 31.5 Å². The normalized spacial score (nSPS) is 14.5. The van der Waals surface area contributed by atoms with Crippen LogP contribution >= 0.6 is 11.3 Å². The van der Waals surface area contributed by atoms with Gasteiger partial charge in [0.2, 0.25) is 0 Å². The van der Waals surface area contributed by atoms with E-state index >= 15 is 0 Å². The van der Waals surface area contributed by atoms with E-state index in [0.29, 0.717) is 5.82 Å². The molecule has 3 heteroatoms. The maximum absolute atomic E-state index is 5.31. The molecule has 11 rings (SSSR count). The Balaban J connectivity index is 1.02. The summed E-state index contributed by atoms with van der Waals surface area (Å²) in [6.45, 7) is 2.36. The number of fused-ring (bicyclic) bond motifs is 6. The van der Waals surface area contributed by atoms with Crippen molar-refractivity contribution < 1.29 is 0 Å². The molecule has 8 aromatic carbocycles. The Hall–Kier alpha value is -6.94. The molecule has 0 aliphatic heterocycles. The molecule has 268 valence electrons. The Morgan fingerprint density at radius 3 is 1.86 bits per heavy atom. The fourth-order valence-corrected chi connectivity index (χ4v) is 10.2. The minimum atomic E-state index is -0.296. The van der Waals surface area contributed by atoms with Gasteiger partial charge in [-0.15, -0.1) is 11.3 Å². The average Bonchev–Trinajstić information content (AvgIpc) is 3.80. The second kappa shape index (κ2) is 13.4. The van der Waals surface area contributed by atoms with Gasteiger partial charge in [-0.05, 0) is 75.2 Å². The monoisotopic (exact) mass is 744 g/mol. The van der Waals surface area contributed by atoms with Crippen molar-refractivity contribution in [2.24, 2.45) is 0 Å². The van der Waals surface area contributed by atoms with Gasteiger partial charge in [-0.2, -0.15) is 0 Å². The van der Waals surface area contributed by atoms with Crippen LogP contribution in [0, 0.1) is 0 Å². The highest BCUT2D eigenvalue weighted by atomic mass is 32.1. The lowest BCUT2D eigenvalue weighted by Crippen LogP contribution is -2.22. The summed E-state index contributed by atoms with van der Waals surface area (Å²) in [7, 11) is 0. The molecule has 0 saturated carbocycles. The highest BCUT2D eigenvalue weighted by Gasteiger charge is 2.41. The maximum atomic E-state index is 5.31. The zero-order valence-corrected chi connectivity index (χ0v) is 32.2. The quantitative estimate of drug-likeness (QED) is 0.169. The van der Waals surface area contributed by atoms with Crippen LogP contribution in [0.2, 0.25) is 0 Å². The first-order valence-electron chi connectivity index (χ1n) is 19.5. The van der Waals surface area contributed by atoms with Crippen LogP contribution in [0.15, 0.2) is 200 Å². The molecule has 0 fully saturated rings. The minimum absolute atomic E-state index is 0.296. The van der Waals surface area contributed by atoms with E-state index in [2.05, 4.69) is 201 Å². The number of nitrogens with zero attached hydrogens (tertiary/aromatic N) is 2. The number of hydrogen-bond acceptors (Lipinski definition) is 3. The van der Waals surface area contributed by atoms with Crippen molar-refractivity contribution in [3.8, 4) is 67.3 Å². The van der Waals surface area contributed by atoms with E-state index in [9.17, 15) is 0 Å². The molecule has 0 radical (unpaired) electrons. The third-order valence-electron chi connectivity index (χ3n) is 11.8. The molecular formula is C54H36N2S. The summed E-state index contributed by atoms with van der Waals surface area (Å²) < 4.78 is 2.66. The maximum Gasteiger partial charge on any atom is 0.160 e. The number of rotatable bonds is 6. The summed E-state index contributed by atoms with van der Waals surface area (Å²) in [6.07, 6.45) is 0. The lowest BCUT2D eigenvalue weighted by Gasteiger charge is -2.28. The number of aromatic nitrogens is 2. The Morgan fingerprint density at radius 1 is 0.404 bits per heavy atom. The summed E-state index contributed by atoms with van der Waals surface area (Å²) in [5, 5.41) is 2.64. The second-order valence-corrected chi connectivity index (χ2v) is 16.1. The van der Waals surface area contributed by atoms with E-state index in [4.69, 9.17) is 9.97 Å². The molecule has 0 saturated heterocycles. The van der Waals surface area contributed by atoms with Gasteiger partial charge in [0.05, 0.1) is 11.4 Å². The molecule has 0 spiro atoms. The van der Waals surface area contributed by atoms with Crippen LogP contribution in [0.5, 0.6) is 0 Å². The third-order valence-corrected chi connectivity index (χ3v) is 13.0. The lowest BCUT2D eigenvalue weighted by atomic mass is 9.74. The van der Waals surface area contributed by atoms with Crippen LogP contribution in [-0.2, 0) is 5.41 Å². The summed E-state index contributed by atoms with van der Waals surface area (Å²) in [6, 6.07) is 72.1. The van der Waals surface area contributed by atoms with E-state index in [1.807, 2.05) is 17.4 Å². The van der Waals surface area contributed by atoms with Crippen LogP contribution in [0.3, 0.4) is 0 Å². The molecule has 0 amide bonds. The zero-order valence-electron chi connectivity index (χ0n) is 31.4. The van der Waals surface area contributed by atoms with E-state index in [0.717, 1.165) is 33.6 Å². The van der Waals surface area contributed by atoms with Crippen LogP contribution in [0.25, 0.3) is 87.5 Å². The summed E-state index contributed by atoms with van der Waals surface area (Å²) >= 11 is 1.87. The molecule has 0 N–H and O–H groups in total. The number of hydrogen-bond donors (Lipinski definition) is 0. The second-order valence-electron chi connectivity index (χ2n) is 15.0. The zero-order chi connectivity index (χ0) is 37.9. The molecular weight excluding hydrogens is 709 g/mol. The number of benzene rings is 8. The Kier molecular flexibility index (Phi) is 7.84. The largest absolute Gasteiger partial charge is 0.228 e. The average molecular weight is 745 g/mol. The third kappa shape index (κ3) is 5.46. The fraction of sp³-hybridized carbons (Fsp3) is 0.0370. The molecule has 0 bridgehead atoms. The van der Waals surface area contributed by atoms with Crippen LogP contribution in [-0.4, -0.2) is 9.97 Å². The van der Waals surface area contributed by atoms with Gasteiger partial charge in [0, 0.05) is 42.3 Å². The van der Waals surface area contributed by atoms with Crippen molar-refractivity contribution in [1.29, 1.82) is 0 Å². The smallest absolute Gasteiger partial charge is 0.160 e. The predicted molar refractivity (Wildman–Crippen MR) is 240 cm³/mol. The van der Waals surface area contributed by atoms with Crippen LogP contribution < -0.4 is 0 Å². The standard InChI is InChI=1S/C54H36N2S/c1-54(40-19-6-3-7-20-40)46-26-10-8-22-44(46)51-45(25-14-27-47(51)54)49-34-48(55-53(56-49)37-15-4-2-5-16-37)39-18-12-17-38(33-39)35-29-31-36(32-30-35)41-23-13-24-43-42-21-9-11-28-50(42)57-52(41)43/h2-34H,1H3. The predicted octanol–water partition coefficient (Wildman–Crippen LogP) is 14.5. The Morgan fingerprint density at radius 2 is 1.00 bits per heavy atom. The molecule has 57 heavy (non-hydrogen) atoms. The molecule has 10 aromatic rings. The highest BCUT2D eigenvalue weighted by molar-refractivity contribution is 7.26.